The van der Waals surface area contributed by atoms with Gasteiger partial charge < -0.3 is 10.2 Å². The number of piperazine rings is 1. The predicted octanol–water partition coefficient (Wildman–Crippen LogP) is -0.343. The summed E-state index contributed by atoms with van der Waals surface area (Å²) in [6.07, 6.45) is 5.11. The van der Waals surface area contributed by atoms with Gasteiger partial charge in [0.05, 0.1) is 5.69 Å². The molecule has 0 unspecified atom stereocenters. The van der Waals surface area contributed by atoms with E-state index in [2.05, 4.69) is 20.2 Å². The molecule has 1 fully saturated rings. The van der Waals surface area contributed by atoms with E-state index < -0.39 is 0 Å². The summed E-state index contributed by atoms with van der Waals surface area (Å²) >= 11 is 0. The van der Waals surface area contributed by atoms with Gasteiger partial charge in [0, 0.05) is 58.4 Å². The van der Waals surface area contributed by atoms with Gasteiger partial charge in [-0.2, -0.15) is 0 Å². The van der Waals surface area contributed by atoms with Crippen LogP contribution in [0.2, 0.25) is 0 Å². The molecule has 1 aromatic rings. The van der Waals surface area contributed by atoms with Crippen LogP contribution in [0.3, 0.4) is 0 Å². The van der Waals surface area contributed by atoms with Crippen molar-refractivity contribution in [3.8, 4) is 0 Å². The molecule has 1 N–H and O–H groups in total. The zero-order valence-corrected chi connectivity index (χ0v) is 11.7. The predicted molar refractivity (Wildman–Crippen MR) is 75.1 cm³/mol. The number of nitrogens with zero attached hydrogens (tertiary/aromatic N) is 4. The number of rotatable bonds is 3. The van der Waals surface area contributed by atoms with Crippen LogP contribution < -0.4 is 5.32 Å². The fourth-order valence-corrected chi connectivity index (χ4v) is 2.82. The summed E-state index contributed by atoms with van der Waals surface area (Å²) in [5, 5.41) is 3.27. The number of hydrogen-bond donors (Lipinski definition) is 1. The Balaban J connectivity index is 1.49. The largest absolute Gasteiger partial charge is 0.340 e. The lowest BCUT2D eigenvalue weighted by atomic mass is 10.1. The highest BCUT2D eigenvalue weighted by Gasteiger charge is 2.20. The summed E-state index contributed by atoms with van der Waals surface area (Å²) < 4.78 is 0. The Morgan fingerprint density at radius 3 is 3.00 bits per heavy atom. The van der Waals surface area contributed by atoms with Crippen LogP contribution in [0, 0.1) is 0 Å². The van der Waals surface area contributed by atoms with Crippen molar-refractivity contribution in [2.45, 2.75) is 19.4 Å². The second kappa shape index (κ2) is 6.28. The molecule has 3 heterocycles. The number of fused-ring (bicyclic) bond motifs is 1. The summed E-state index contributed by atoms with van der Waals surface area (Å²) in [6.45, 7) is 6.18. The van der Waals surface area contributed by atoms with E-state index in [0.717, 1.165) is 57.9 Å². The first-order valence-corrected chi connectivity index (χ1v) is 7.31. The molecule has 6 nitrogen and oxygen atoms in total. The lowest BCUT2D eigenvalue weighted by molar-refractivity contribution is -0.132. The van der Waals surface area contributed by atoms with Crippen LogP contribution >= 0.6 is 0 Å². The Bertz CT molecular complexity index is 472. The molecular formula is C14H21N5O. The van der Waals surface area contributed by atoms with Gasteiger partial charge in [0.15, 0.2) is 0 Å². The van der Waals surface area contributed by atoms with Crippen LogP contribution in [0.4, 0.5) is 0 Å². The van der Waals surface area contributed by atoms with Crippen LogP contribution in [-0.2, 0) is 17.8 Å². The average Bonchev–Trinajstić information content (AvgIpc) is 2.53. The monoisotopic (exact) mass is 275 g/mol. The molecule has 108 valence electrons. The van der Waals surface area contributed by atoms with Crippen molar-refractivity contribution < 1.29 is 4.79 Å². The van der Waals surface area contributed by atoms with Gasteiger partial charge >= 0.3 is 0 Å². The third-order valence-electron chi connectivity index (χ3n) is 4.06. The molecule has 1 saturated heterocycles. The quantitative estimate of drug-likeness (QED) is 0.817. The van der Waals surface area contributed by atoms with Crippen molar-refractivity contribution in [1.82, 2.24) is 25.1 Å². The van der Waals surface area contributed by atoms with E-state index in [1.165, 1.54) is 5.56 Å². The molecule has 0 aliphatic carbocycles. The van der Waals surface area contributed by atoms with E-state index in [0.29, 0.717) is 6.42 Å². The Hall–Kier alpha value is -1.53. The lowest BCUT2D eigenvalue weighted by Gasteiger charge is -2.30. The highest BCUT2D eigenvalue weighted by molar-refractivity contribution is 5.76. The topological polar surface area (TPSA) is 61.4 Å². The molecule has 2 aliphatic rings. The van der Waals surface area contributed by atoms with Crippen molar-refractivity contribution >= 4 is 5.91 Å². The highest BCUT2D eigenvalue weighted by atomic mass is 16.2. The van der Waals surface area contributed by atoms with Crippen molar-refractivity contribution in [2.75, 3.05) is 39.3 Å². The Morgan fingerprint density at radius 1 is 1.30 bits per heavy atom. The van der Waals surface area contributed by atoms with Gasteiger partial charge in [-0.3, -0.25) is 9.69 Å². The standard InChI is InChI=1S/C14H21N5O/c20-14(19-7-3-15-4-8-19)2-6-18-5-1-12-9-16-11-17-13(12)10-18/h9,11,15H,1-8,10H2. The van der Waals surface area contributed by atoms with E-state index in [1.807, 2.05) is 11.1 Å². The normalized spacial score (nSPS) is 19.7. The van der Waals surface area contributed by atoms with Crippen molar-refractivity contribution in [3.05, 3.63) is 23.8 Å². The minimum atomic E-state index is 0.278. The maximum atomic E-state index is 12.1. The maximum Gasteiger partial charge on any atom is 0.223 e. The van der Waals surface area contributed by atoms with Gasteiger partial charge in [0.25, 0.3) is 0 Å². The van der Waals surface area contributed by atoms with Gasteiger partial charge in [-0.25, -0.2) is 9.97 Å². The number of hydrogen-bond acceptors (Lipinski definition) is 5. The molecule has 6 heteroatoms. The molecule has 0 spiro atoms. The van der Waals surface area contributed by atoms with Crippen LogP contribution in [0.1, 0.15) is 17.7 Å². The SMILES string of the molecule is O=C(CCN1CCc2cncnc2C1)N1CCNCC1. The first kappa shape index (κ1) is 13.5. The number of carbonyl (C=O) groups excluding carboxylic acids is 1. The first-order valence-electron chi connectivity index (χ1n) is 7.31. The van der Waals surface area contributed by atoms with Gasteiger partial charge in [0.1, 0.15) is 6.33 Å². The molecular weight excluding hydrogens is 254 g/mol. The second-order valence-corrected chi connectivity index (χ2v) is 5.40. The van der Waals surface area contributed by atoms with E-state index in [4.69, 9.17) is 0 Å². The molecule has 2 aliphatic heterocycles. The van der Waals surface area contributed by atoms with Gasteiger partial charge in [0.2, 0.25) is 5.91 Å². The molecule has 0 atom stereocenters. The molecule has 0 bridgehead atoms. The minimum absolute atomic E-state index is 0.278. The number of amides is 1. The molecule has 0 saturated carbocycles. The summed E-state index contributed by atoms with van der Waals surface area (Å²) in [5.74, 6) is 0.278. The summed E-state index contributed by atoms with van der Waals surface area (Å²) in [6, 6.07) is 0. The van der Waals surface area contributed by atoms with Crippen LogP contribution in [-0.4, -0.2) is 64.9 Å². The zero-order chi connectivity index (χ0) is 13.8. The van der Waals surface area contributed by atoms with Crippen LogP contribution in [0.15, 0.2) is 12.5 Å². The number of carbonyl (C=O) groups is 1. The van der Waals surface area contributed by atoms with Crippen LogP contribution in [0.25, 0.3) is 0 Å². The average molecular weight is 275 g/mol. The molecule has 3 rings (SSSR count). The van der Waals surface area contributed by atoms with Gasteiger partial charge in [-0.1, -0.05) is 0 Å². The fourth-order valence-electron chi connectivity index (χ4n) is 2.82. The van der Waals surface area contributed by atoms with E-state index in [9.17, 15) is 4.79 Å². The molecule has 0 aromatic carbocycles. The Kier molecular flexibility index (Phi) is 4.22. The summed E-state index contributed by atoms with van der Waals surface area (Å²) in [7, 11) is 0. The number of aromatic nitrogens is 2. The first-order chi connectivity index (χ1) is 9.83. The zero-order valence-electron chi connectivity index (χ0n) is 11.7. The highest BCUT2D eigenvalue weighted by Crippen LogP contribution is 2.15. The van der Waals surface area contributed by atoms with E-state index in [-0.39, 0.29) is 5.91 Å². The van der Waals surface area contributed by atoms with E-state index >= 15 is 0 Å². The minimum Gasteiger partial charge on any atom is -0.340 e. The second-order valence-electron chi connectivity index (χ2n) is 5.40. The fraction of sp³-hybridized carbons (Fsp3) is 0.643. The Morgan fingerprint density at radius 2 is 2.15 bits per heavy atom. The van der Waals surface area contributed by atoms with E-state index in [1.54, 1.807) is 6.33 Å². The van der Waals surface area contributed by atoms with Crippen molar-refractivity contribution in [3.63, 3.8) is 0 Å². The van der Waals surface area contributed by atoms with Crippen LogP contribution in [0.5, 0.6) is 0 Å². The Labute approximate surface area is 119 Å². The lowest BCUT2D eigenvalue weighted by Crippen LogP contribution is -2.47. The van der Waals surface area contributed by atoms with Gasteiger partial charge in [-0.15, -0.1) is 0 Å². The molecule has 1 aromatic heterocycles. The number of nitrogens with one attached hydrogen (secondary N) is 1. The summed E-state index contributed by atoms with van der Waals surface area (Å²) in [5.41, 5.74) is 2.36. The van der Waals surface area contributed by atoms with Gasteiger partial charge in [-0.05, 0) is 12.0 Å². The third kappa shape index (κ3) is 3.13. The molecule has 0 radical (unpaired) electrons. The smallest absolute Gasteiger partial charge is 0.223 e. The maximum absolute atomic E-state index is 12.1. The molecule has 20 heavy (non-hydrogen) atoms. The van der Waals surface area contributed by atoms with Crippen molar-refractivity contribution in [2.24, 2.45) is 0 Å². The molecule has 1 amide bonds. The summed E-state index contributed by atoms with van der Waals surface area (Å²) in [4.78, 5) is 24.8. The van der Waals surface area contributed by atoms with Crippen molar-refractivity contribution in [1.29, 1.82) is 0 Å². The third-order valence-corrected chi connectivity index (χ3v) is 4.06.